The molecule has 160 valence electrons. The molecule has 4 nitrogen and oxygen atoms in total. The monoisotopic (exact) mass is 414 g/mol. The first-order valence-corrected chi connectivity index (χ1v) is 11.2. The van der Waals surface area contributed by atoms with Gasteiger partial charge in [-0.3, -0.25) is 4.79 Å². The minimum Gasteiger partial charge on any atom is -0.493 e. The van der Waals surface area contributed by atoms with E-state index < -0.39 is 0 Å². The van der Waals surface area contributed by atoms with Gasteiger partial charge in [0.2, 0.25) is 0 Å². The fourth-order valence-electron chi connectivity index (χ4n) is 4.24. The van der Waals surface area contributed by atoms with Crippen LogP contribution in [-0.4, -0.2) is 24.0 Å². The van der Waals surface area contributed by atoms with E-state index in [1.165, 1.54) is 12.8 Å². The van der Waals surface area contributed by atoms with Crippen molar-refractivity contribution in [3.05, 3.63) is 84.4 Å². The molecular formula is C27H30N2O2. The van der Waals surface area contributed by atoms with Crippen LogP contribution >= 0.6 is 0 Å². The first-order chi connectivity index (χ1) is 15.2. The third-order valence-electron chi connectivity index (χ3n) is 5.81. The van der Waals surface area contributed by atoms with Gasteiger partial charge in [0.1, 0.15) is 11.9 Å². The Balaban J connectivity index is 1.77. The van der Waals surface area contributed by atoms with Crippen LogP contribution in [0.4, 0.5) is 5.69 Å². The Hall–Kier alpha value is -3.27. The summed E-state index contributed by atoms with van der Waals surface area (Å²) in [6, 6.07) is 20.1. The van der Waals surface area contributed by atoms with Crippen molar-refractivity contribution < 1.29 is 9.53 Å². The number of fused-ring (bicyclic) bond motifs is 2. The molecule has 1 amide bonds. The summed E-state index contributed by atoms with van der Waals surface area (Å²) < 4.78 is 6.29. The molecule has 31 heavy (non-hydrogen) atoms. The predicted molar refractivity (Wildman–Crippen MR) is 128 cm³/mol. The molecule has 4 heteroatoms. The Morgan fingerprint density at radius 2 is 1.84 bits per heavy atom. The fraction of sp³-hybridized carbons (Fsp3) is 0.296. The van der Waals surface area contributed by atoms with E-state index in [-0.39, 0.29) is 12.1 Å². The number of anilines is 1. The number of para-hydroxylation sites is 1. The minimum absolute atomic E-state index is 0.001000. The molecule has 0 aliphatic carbocycles. The van der Waals surface area contributed by atoms with Gasteiger partial charge in [-0.1, -0.05) is 74.7 Å². The van der Waals surface area contributed by atoms with Gasteiger partial charge in [0.05, 0.1) is 12.2 Å². The smallest absolute Gasteiger partial charge is 0.258 e. The maximum absolute atomic E-state index is 13.4. The van der Waals surface area contributed by atoms with Crippen molar-refractivity contribution in [1.29, 1.82) is 0 Å². The molecule has 4 rings (SSSR count). The Bertz CT molecular complexity index is 1080. The molecule has 1 heterocycles. The quantitative estimate of drug-likeness (QED) is 0.319. The van der Waals surface area contributed by atoms with Crippen LogP contribution in [0.1, 0.15) is 54.7 Å². The molecule has 1 aliphatic rings. The van der Waals surface area contributed by atoms with Crippen molar-refractivity contribution in [2.24, 2.45) is 0 Å². The normalized spacial score (nSPS) is 15.5. The number of hydrogen-bond donors (Lipinski definition) is 1. The largest absolute Gasteiger partial charge is 0.493 e. The third-order valence-corrected chi connectivity index (χ3v) is 5.81. The van der Waals surface area contributed by atoms with E-state index in [0.29, 0.717) is 18.7 Å². The van der Waals surface area contributed by atoms with Gasteiger partial charge in [-0.2, -0.15) is 0 Å². The Morgan fingerprint density at radius 1 is 1.03 bits per heavy atom. The lowest BCUT2D eigenvalue weighted by molar-refractivity contribution is 0.0706. The highest BCUT2D eigenvalue weighted by atomic mass is 16.5. The van der Waals surface area contributed by atoms with Crippen LogP contribution in [0.25, 0.3) is 10.8 Å². The number of nitrogens with one attached hydrogen (secondary N) is 1. The zero-order valence-electron chi connectivity index (χ0n) is 18.1. The van der Waals surface area contributed by atoms with Gasteiger partial charge in [-0.25, -0.2) is 0 Å². The zero-order valence-corrected chi connectivity index (χ0v) is 18.1. The third kappa shape index (κ3) is 4.29. The fourth-order valence-corrected chi connectivity index (χ4v) is 4.24. The molecule has 3 aromatic carbocycles. The lowest BCUT2D eigenvalue weighted by Crippen LogP contribution is -2.43. The van der Waals surface area contributed by atoms with Crippen molar-refractivity contribution in [2.75, 3.05) is 18.5 Å². The number of benzene rings is 3. The second kappa shape index (κ2) is 9.69. The average molecular weight is 415 g/mol. The first-order valence-electron chi connectivity index (χ1n) is 11.2. The molecule has 1 N–H and O–H groups in total. The van der Waals surface area contributed by atoms with Crippen molar-refractivity contribution in [1.82, 2.24) is 4.90 Å². The van der Waals surface area contributed by atoms with Crippen molar-refractivity contribution >= 4 is 22.4 Å². The van der Waals surface area contributed by atoms with Crippen LogP contribution in [-0.2, 0) is 0 Å². The summed E-state index contributed by atoms with van der Waals surface area (Å²) in [5.41, 5.74) is 2.53. The molecule has 0 aromatic heterocycles. The molecule has 0 spiro atoms. The Labute approximate surface area is 184 Å². The predicted octanol–water partition coefficient (Wildman–Crippen LogP) is 6.55. The lowest BCUT2D eigenvalue weighted by atomic mass is 9.97. The Morgan fingerprint density at radius 3 is 2.68 bits per heavy atom. The van der Waals surface area contributed by atoms with E-state index in [1.807, 2.05) is 47.4 Å². The van der Waals surface area contributed by atoms with Crippen LogP contribution in [0.15, 0.2) is 73.3 Å². The van der Waals surface area contributed by atoms with Crippen molar-refractivity contribution in [3.63, 3.8) is 0 Å². The highest BCUT2D eigenvalue weighted by Crippen LogP contribution is 2.40. The second-order valence-electron chi connectivity index (χ2n) is 7.95. The lowest BCUT2D eigenvalue weighted by Gasteiger charge is -2.38. The van der Waals surface area contributed by atoms with E-state index in [1.54, 1.807) is 6.08 Å². The van der Waals surface area contributed by atoms with Gasteiger partial charge >= 0.3 is 0 Å². The summed E-state index contributed by atoms with van der Waals surface area (Å²) in [6.45, 7) is 7.21. The van der Waals surface area contributed by atoms with Crippen LogP contribution in [0.2, 0.25) is 0 Å². The second-order valence-corrected chi connectivity index (χ2v) is 7.95. The van der Waals surface area contributed by atoms with Gasteiger partial charge in [-0.15, -0.1) is 6.58 Å². The zero-order chi connectivity index (χ0) is 21.6. The number of ether oxygens (including phenoxy) is 1. The maximum Gasteiger partial charge on any atom is 0.258 e. The molecular weight excluding hydrogens is 384 g/mol. The number of unbranched alkanes of at least 4 members (excludes halogenated alkanes) is 3. The summed E-state index contributed by atoms with van der Waals surface area (Å²) in [7, 11) is 0. The van der Waals surface area contributed by atoms with Crippen LogP contribution in [0.3, 0.4) is 0 Å². The molecule has 1 unspecified atom stereocenters. The number of nitrogens with zero attached hydrogens (tertiary/aromatic N) is 1. The van der Waals surface area contributed by atoms with E-state index in [4.69, 9.17) is 4.74 Å². The number of carbonyl (C=O) groups excluding carboxylic acids is 1. The summed E-state index contributed by atoms with van der Waals surface area (Å²) in [6.07, 6.45) is 6.04. The summed E-state index contributed by atoms with van der Waals surface area (Å²) in [4.78, 5) is 15.2. The molecule has 0 radical (unpaired) electrons. The van der Waals surface area contributed by atoms with E-state index in [0.717, 1.165) is 40.6 Å². The molecule has 0 fully saturated rings. The minimum atomic E-state index is -0.336. The number of rotatable bonds is 9. The van der Waals surface area contributed by atoms with Crippen molar-refractivity contribution in [2.45, 2.75) is 38.8 Å². The highest BCUT2D eigenvalue weighted by Gasteiger charge is 2.34. The first kappa shape index (κ1) is 21.0. The number of hydrogen-bond acceptors (Lipinski definition) is 3. The SMILES string of the molecule is C=CCN1C(=O)c2ccccc2NC1c1c(OCCCCCC)ccc2ccccc12. The number of amides is 1. The molecule has 0 saturated carbocycles. The molecule has 0 saturated heterocycles. The van der Waals surface area contributed by atoms with Gasteiger partial charge in [-0.05, 0) is 35.4 Å². The van der Waals surface area contributed by atoms with E-state index in [2.05, 4.69) is 37.0 Å². The van der Waals surface area contributed by atoms with Crippen molar-refractivity contribution in [3.8, 4) is 5.75 Å². The van der Waals surface area contributed by atoms with Crippen LogP contribution in [0.5, 0.6) is 5.75 Å². The van der Waals surface area contributed by atoms with Gasteiger partial charge in [0, 0.05) is 17.8 Å². The molecule has 1 aliphatic heterocycles. The molecule has 3 aromatic rings. The standard InChI is InChI=1S/C27H30N2O2/c1-3-5-6-11-19-31-24-17-16-20-12-7-8-13-21(20)25(24)26-28-23-15-10-9-14-22(23)27(30)29(26)18-4-2/h4,7-10,12-17,26,28H,2-3,5-6,11,18-19H2,1H3. The average Bonchev–Trinajstić information content (AvgIpc) is 2.80. The van der Waals surface area contributed by atoms with Gasteiger partial charge in [0.25, 0.3) is 5.91 Å². The van der Waals surface area contributed by atoms with Gasteiger partial charge < -0.3 is 15.0 Å². The van der Waals surface area contributed by atoms with Gasteiger partial charge in [0.15, 0.2) is 0 Å². The van der Waals surface area contributed by atoms with Crippen LogP contribution in [0, 0.1) is 0 Å². The summed E-state index contributed by atoms with van der Waals surface area (Å²) >= 11 is 0. The molecule has 1 atom stereocenters. The summed E-state index contributed by atoms with van der Waals surface area (Å²) in [5, 5.41) is 5.82. The highest BCUT2D eigenvalue weighted by molar-refractivity contribution is 6.02. The topological polar surface area (TPSA) is 41.6 Å². The van der Waals surface area contributed by atoms with Crippen LogP contribution < -0.4 is 10.1 Å². The van der Waals surface area contributed by atoms with E-state index >= 15 is 0 Å². The maximum atomic E-state index is 13.4. The van der Waals surface area contributed by atoms with E-state index in [9.17, 15) is 4.79 Å². The summed E-state index contributed by atoms with van der Waals surface area (Å²) in [5.74, 6) is 0.829. The Kier molecular flexibility index (Phi) is 6.56. The molecule has 0 bridgehead atoms. The number of carbonyl (C=O) groups is 1.